The van der Waals surface area contributed by atoms with Gasteiger partial charge in [0.05, 0.1) is 0 Å². The van der Waals surface area contributed by atoms with E-state index >= 15 is 0 Å². The lowest BCUT2D eigenvalue weighted by molar-refractivity contribution is 0.630. The summed E-state index contributed by atoms with van der Waals surface area (Å²) in [6, 6.07) is 9.74. The second kappa shape index (κ2) is 5.57. The number of hydrogen-bond acceptors (Lipinski definition) is 4. The monoisotopic (exact) mass is 320 g/mol. The molecule has 1 aromatic carbocycles. The molecule has 0 fully saturated rings. The Kier molecular flexibility index (Phi) is 4.04. The van der Waals surface area contributed by atoms with E-state index in [1.807, 2.05) is 30.3 Å². The molecule has 2 rings (SSSR count). The summed E-state index contributed by atoms with van der Waals surface area (Å²) in [6.07, 6.45) is 1.74. The van der Waals surface area contributed by atoms with Crippen molar-refractivity contribution in [3.8, 4) is 0 Å². The first-order valence-corrected chi connectivity index (χ1v) is 6.85. The van der Waals surface area contributed by atoms with Gasteiger partial charge in [-0.25, -0.2) is 4.98 Å². The van der Waals surface area contributed by atoms with E-state index < -0.39 is 0 Å². The Labute approximate surface area is 121 Å². The Morgan fingerprint density at radius 3 is 2.37 bits per heavy atom. The summed E-state index contributed by atoms with van der Waals surface area (Å²) in [4.78, 5) is 8.64. The topological polar surface area (TPSA) is 49.8 Å². The van der Waals surface area contributed by atoms with E-state index in [4.69, 9.17) is 0 Å². The van der Waals surface area contributed by atoms with Gasteiger partial charge in [-0.3, -0.25) is 0 Å². The van der Waals surface area contributed by atoms with Crippen LogP contribution in [0.5, 0.6) is 0 Å². The zero-order chi connectivity index (χ0) is 13.9. The Balaban J connectivity index is 2.13. The molecule has 4 nitrogen and oxygen atoms in total. The van der Waals surface area contributed by atoms with Crippen LogP contribution in [-0.4, -0.2) is 15.5 Å². The molecular weight excluding hydrogens is 304 g/mol. The highest BCUT2D eigenvalue weighted by atomic mass is 79.9. The summed E-state index contributed by atoms with van der Waals surface area (Å²) in [6.45, 7) is 6.28. The zero-order valence-corrected chi connectivity index (χ0v) is 12.8. The fourth-order valence-electron chi connectivity index (χ4n) is 1.54. The normalized spacial score (nSPS) is 11.2. The van der Waals surface area contributed by atoms with Crippen LogP contribution in [-0.2, 0) is 0 Å². The number of hydrogen-bond donors (Lipinski definition) is 2. The Morgan fingerprint density at radius 1 is 1.05 bits per heavy atom. The summed E-state index contributed by atoms with van der Waals surface area (Å²) in [5.74, 6) is 1.39. The molecule has 0 aliphatic heterocycles. The van der Waals surface area contributed by atoms with Gasteiger partial charge in [0.15, 0.2) is 0 Å². The van der Waals surface area contributed by atoms with Gasteiger partial charge in [0.25, 0.3) is 0 Å². The first kappa shape index (κ1) is 13.8. The molecule has 19 heavy (non-hydrogen) atoms. The van der Waals surface area contributed by atoms with Crippen molar-refractivity contribution >= 4 is 33.4 Å². The number of nitrogens with one attached hydrogen (secondary N) is 2. The van der Waals surface area contributed by atoms with Gasteiger partial charge in [0, 0.05) is 21.9 Å². The SMILES string of the molecule is CC(C)(C)Nc1ccnc(Nc2ccc(Br)cc2)n1. The van der Waals surface area contributed by atoms with E-state index in [0.29, 0.717) is 5.95 Å². The van der Waals surface area contributed by atoms with Gasteiger partial charge in [-0.05, 0) is 51.1 Å². The molecule has 0 aliphatic carbocycles. The lowest BCUT2D eigenvalue weighted by Crippen LogP contribution is -2.26. The molecule has 0 saturated heterocycles. The first-order chi connectivity index (χ1) is 8.92. The molecule has 1 heterocycles. The lowest BCUT2D eigenvalue weighted by atomic mass is 10.1. The lowest BCUT2D eigenvalue weighted by Gasteiger charge is -2.21. The van der Waals surface area contributed by atoms with Gasteiger partial charge in [0.1, 0.15) is 5.82 Å². The molecule has 0 unspecified atom stereocenters. The number of halogens is 1. The van der Waals surface area contributed by atoms with E-state index in [1.165, 1.54) is 0 Å². The maximum absolute atomic E-state index is 4.43. The third-order valence-corrected chi connectivity index (χ3v) is 2.79. The molecule has 0 radical (unpaired) electrons. The largest absolute Gasteiger partial charge is 0.365 e. The highest BCUT2D eigenvalue weighted by molar-refractivity contribution is 9.10. The van der Waals surface area contributed by atoms with Crippen LogP contribution in [0.15, 0.2) is 41.0 Å². The van der Waals surface area contributed by atoms with Crippen LogP contribution >= 0.6 is 15.9 Å². The predicted molar refractivity (Wildman–Crippen MR) is 82.8 cm³/mol. The molecule has 100 valence electrons. The third-order valence-electron chi connectivity index (χ3n) is 2.26. The number of nitrogens with zero attached hydrogens (tertiary/aromatic N) is 2. The fraction of sp³-hybridized carbons (Fsp3) is 0.286. The van der Waals surface area contributed by atoms with Crippen molar-refractivity contribution in [3.05, 3.63) is 41.0 Å². The minimum absolute atomic E-state index is 0.0246. The van der Waals surface area contributed by atoms with E-state index in [2.05, 4.69) is 57.3 Å². The summed E-state index contributed by atoms with van der Waals surface area (Å²) in [5.41, 5.74) is 0.930. The average molecular weight is 321 g/mol. The van der Waals surface area contributed by atoms with E-state index in [0.717, 1.165) is 16.0 Å². The third kappa shape index (κ3) is 4.52. The maximum Gasteiger partial charge on any atom is 0.229 e. The quantitative estimate of drug-likeness (QED) is 0.890. The highest BCUT2D eigenvalue weighted by Gasteiger charge is 2.10. The van der Waals surface area contributed by atoms with Gasteiger partial charge < -0.3 is 10.6 Å². The van der Waals surface area contributed by atoms with Gasteiger partial charge in [-0.2, -0.15) is 4.98 Å². The van der Waals surface area contributed by atoms with Crippen molar-refractivity contribution in [2.75, 3.05) is 10.6 Å². The number of aromatic nitrogens is 2. The van der Waals surface area contributed by atoms with Crippen LogP contribution in [0.25, 0.3) is 0 Å². The fourth-order valence-corrected chi connectivity index (χ4v) is 1.80. The van der Waals surface area contributed by atoms with Crippen molar-refractivity contribution in [1.82, 2.24) is 9.97 Å². The second-order valence-corrected chi connectivity index (χ2v) is 6.19. The van der Waals surface area contributed by atoms with Crippen LogP contribution < -0.4 is 10.6 Å². The standard InChI is InChI=1S/C14H17BrN4/c1-14(2,3)19-12-8-9-16-13(18-12)17-11-6-4-10(15)5-7-11/h4-9H,1-3H3,(H2,16,17,18,19). The molecule has 0 atom stereocenters. The van der Waals surface area contributed by atoms with E-state index in [-0.39, 0.29) is 5.54 Å². The van der Waals surface area contributed by atoms with Crippen LogP contribution in [0, 0.1) is 0 Å². The molecule has 0 spiro atoms. The van der Waals surface area contributed by atoms with Crippen LogP contribution in [0.3, 0.4) is 0 Å². The first-order valence-electron chi connectivity index (χ1n) is 6.06. The highest BCUT2D eigenvalue weighted by Crippen LogP contribution is 2.18. The van der Waals surface area contributed by atoms with Gasteiger partial charge >= 0.3 is 0 Å². The molecule has 5 heteroatoms. The maximum atomic E-state index is 4.43. The minimum Gasteiger partial charge on any atom is -0.365 e. The smallest absolute Gasteiger partial charge is 0.229 e. The van der Waals surface area contributed by atoms with Crippen molar-refractivity contribution in [2.45, 2.75) is 26.3 Å². The summed E-state index contributed by atoms with van der Waals surface area (Å²) < 4.78 is 1.04. The van der Waals surface area contributed by atoms with E-state index in [1.54, 1.807) is 6.20 Å². The van der Waals surface area contributed by atoms with Gasteiger partial charge in [-0.1, -0.05) is 15.9 Å². The van der Waals surface area contributed by atoms with Gasteiger partial charge in [0.2, 0.25) is 5.95 Å². The molecule has 2 aromatic rings. The molecule has 1 aromatic heterocycles. The average Bonchev–Trinajstić information content (AvgIpc) is 2.30. The summed E-state index contributed by atoms with van der Waals surface area (Å²) in [7, 11) is 0. The number of benzene rings is 1. The zero-order valence-electron chi connectivity index (χ0n) is 11.2. The van der Waals surface area contributed by atoms with Crippen LogP contribution in [0.4, 0.5) is 17.5 Å². The summed E-state index contributed by atoms with van der Waals surface area (Å²) >= 11 is 3.41. The molecular formula is C14H17BrN4. The second-order valence-electron chi connectivity index (χ2n) is 5.27. The molecule has 2 N–H and O–H groups in total. The Morgan fingerprint density at radius 2 is 1.74 bits per heavy atom. The van der Waals surface area contributed by atoms with Crippen molar-refractivity contribution in [3.63, 3.8) is 0 Å². The van der Waals surface area contributed by atoms with Crippen molar-refractivity contribution in [2.24, 2.45) is 0 Å². The van der Waals surface area contributed by atoms with Crippen molar-refractivity contribution < 1.29 is 0 Å². The summed E-state index contributed by atoms with van der Waals surface area (Å²) in [5, 5.41) is 6.49. The van der Waals surface area contributed by atoms with Crippen LogP contribution in [0.2, 0.25) is 0 Å². The van der Waals surface area contributed by atoms with Crippen LogP contribution in [0.1, 0.15) is 20.8 Å². The Bertz CT molecular complexity index is 546. The minimum atomic E-state index is -0.0246. The van der Waals surface area contributed by atoms with Crippen molar-refractivity contribution in [1.29, 1.82) is 0 Å². The van der Waals surface area contributed by atoms with Gasteiger partial charge in [-0.15, -0.1) is 0 Å². The van der Waals surface area contributed by atoms with E-state index in [9.17, 15) is 0 Å². The molecule has 0 bridgehead atoms. The molecule has 0 saturated carbocycles. The predicted octanol–water partition coefficient (Wildman–Crippen LogP) is 4.19. The molecule has 0 aliphatic rings. The number of rotatable bonds is 3. The molecule has 0 amide bonds. The Hall–Kier alpha value is -1.62. The number of anilines is 3.